The Balaban J connectivity index is 2.78. The topological polar surface area (TPSA) is 118 Å². The molecule has 7 nitrogen and oxygen atoms in total. The molecule has 0 fully saturated rings. The van der Waals surface area contributed by atoms with Crippen LogP contribution in [-0.2, 0) is 10.3 Å². The molecule has 0 unspecified atom stereocenters. The van der Waals surface area contributed by atoms with Gasteiger partial charge in [-0.15, -0.1) is 0 Å². The first-order valence-corrected chi connectivity index (χ1v) is 5.53. The number of hydrogen-bond donors (Lipinski definition) is 3. The summed E-state index contributed by atoms with van der Waals surface area (Å²) in [6.45, 7) is 3.05. The molecule has 2 rings (SSSR count). The third-order valence-electron chi connectivity index (χ3n) is 3.09. The fourth-order valence-corrected chi connectivity index (χ4v) is 1.91. The van der Waals surface area contributed by atoms with Crippen LogP contribution in [0.4, 0.5) is 0 Å². The van der Waals surface area contributed by atoms with E-state index >= 15 is 0 Å². The molecule has 1 aromatic heterocycles. The van der Waals surface area contributed by atoms with Crippen LogP contribution in [0.3, 0.4) is 0 Å². The normalized spacial score (nSPS) is 11.7. The molecular weight excluding hydrogens is 250 g/mol. The third-order valence-corrected chi connectivity index (χ3v) is 3.09. The van der Waals surface area contributed by atoms with Crippen LogP contribution >= 0.6 is 0 Å². The summed E-state index contributed by atoms with van der Waals surface area (Å²) in [5.74, 6) is -1.75. The molecule has 0 radical (unpaired) electrons. The van der Waals surface area contributed by atoms with Crippen LogP contribution in [0.1, 0.15) is 24.2 Å². The van der Waals surface area contributed by atoms with E-state index < -0.39 is 23.1 Å². The van der Waals surface area contributed by atoms with E-state index in [4.69, 9.17) is 10.8 Å². The van der Waals surface area contributed by atoms with Crippen molar-refractivity contribution >= 4 is 22.9 Å². The Labute approximate surface area is 107 Å². The second-order valence-corrected chi connectivity index (χ2v) is 4.73. The van der Waals surface area contributed by atoms with E-state index in [1.54, 1.807) is 0 Å². The summed E-state index contributed by atoms with van der Waals surface area (Å²) in [6, 6.07) is 4.18. The van der Waals surface area contributed by atoms with Crippen LogP contribution in [-0.4, -0.2) is 26.5 Å². The molecule has 0 aliphatic rings. The number of nitrogens with two attached hydrogens (primary N) is 1. The number of carbonyl (C=O) groups is 2. The van der Waals surface area contributed by atoms with Crippen molar-refractivity contribution in [1.29, 1.82) is 0 Å². The van der Waals surface area contributed by atoms with Crippen LogP contribution in [0.15, 0.2) is 23.0 Å². The number of aromatic amines is 1. The van der Waals surface area contributed by atoms with Gasteiger partial charge in [0, 0.05) is 0 Å². The van der Waals surface area contributed by atoms with Gasteiger partial charge in [0.1, 0.15) is 5.54 Å². The number of aromatic carboxylic acids is 1. The third kappa shape index (κ3) is 1.88. The lowest BCUT2D eigenvalue weighted by Gasteiger charge is -2.22. The maximum atomic E-state index is 11.9. The number of amides is 1. The molecule has 0 bridgehead atoms. The number of aromatic nitrogens is 2. The Bertz CT molecular complexity index is 739. The lowest BCUT2D eigenvalue weighted by atomic mass is 10.0. The van der Waals surface area contributed by atoms with Gasteiger partial charge >= 0.3 is 11.7 Å². The highest BCUT2D eigenvalue weighted by molar-refractivity contribution is 5.93. The maximum absolute atomic E-state index is 11.9. The first-order chi connectivity index (χ1) is 8.75. The minimum atomic E-state index is -1.21. The van der Waals surface area contributed by atoms with Crippen molar-refractivity contribution in [3.8, 4) is 0 Å². The van der Waals surface area contributed by atoms with Crippen molar-refractivity contribution in [2.24, 2.45) is 5.73 Å². The van der Waals surface area contributed by atoms with E-state index in [9.17, 15) is 14.4 Å². The highest BCUT2D eigenvalue weighted by Gasteiger charge is 2.30. The van der Waals surface area contributed by atoms with Crippen molar-refractivity contribution in [3.63, 3.8) is 0 Å². The van der Waals surface area contributed by atoms with Crippen LogP contribution in [0.5, 0.6) is 0 Å². The summed E-state index contributed by atoms with van der Waals surface area (Å²) >= 11 is 0. The Morgan fingerprint density at radius 1 is 1.37 bits per heavy atom. The Hall–Kier alpha value is -2.57. The zero-order valence-electron chi connectivity index (χ0n) is 10.4. The van der Waals surface area contributed by atoms with Gasteiger partial charge in [0.25, 0.3) is 0 Å². The number of carboxylic acids is 1. The largest absolute Gasteiger partial charge is 0.478 e. The van der Waals surface area contributed by atoms with E-state index in [2.05, 4.69) is 4.98 Å². The molecule has 1 aromatic carbocycles. The number of imidazole rings is 1. The number of nitrogens with one attached hydrogen (secondary N) is 1. The predicted molar refractivity (Wildman–Crippen MR) is 68.0 cm³/mol. The van der Waals surface area contributed by atoms with Crippen LogP contribution in [0, 0.1) is 0 Å². The smallest absolute Gasteiger partial charge is 0.335 e. The number of hydrogen-bond acceptors (Lipinski definition) is 3. The second-order valence-electron chi connectivity index (χ2n) is 4.73. The van der Waals surface area contributed by atoms with Gasteiger partial charge < -0.3 is 15.8 Å². The molecule has 0 saturated heterocycles. The number of carbonyl (C=O) groups excluding carboxylic acids is 1. The zero-order chi connectivity index (χ0) is 14.4. The van der Waals surface area contributed by atoms with E-state index in [0.717, 1.165) is 0 Å². The lowest BCUT2D eigenvalue weighted by molar-refractivity contribution is -0.125. The monoisotopic (exact) mass is 263 g/mol. The molecule has 19 heavy (non-hydrogen) atoms. The van der Waals surface area contributed by atoms with E-state index in [1.165, 1.54) is 36.6 Å². The SMILES string of the molecule is CC(C)(C(N)=O)n1c(=O)[nH]c2cc(C(=O)O)ccc21. The summed E-state index contributed by atoms with van der Waals surface area (Å²) in [6.07, 6.45) is 0. The first kappa shape index (κ1) is 12.9. The van der Waals surface area contributed by atoms with Gasteiger partial charge in [0.15, 0.2) is 0 Å². The van der Waals surface area contributed by atoms with Gasteiger partial charge in [0.05, 0.1) is 16.6 Å². The first-order valence-electron chi connectivity index (χ1n) is 5.53. The molecule has 2 aromatic rings. The van der Waals surface area contributed by atoms with E-state index in [-0.39, 0.29) is 5.56 Å². The molecule has 1 amide bonds. The number of fused-ring (bicyclic) bond motifs is 1. The molecule has 7 heteroatoms. The highest BCUT2D eigenvalue weighted by atomic mass is 16.4. The minimum absolute atomic E-state index is 0.0535. The van der Waals surface area contributed by atoms with Gasteiger partial charge in [-0.25, -0.2) is 9.59 Å². The number of rotatable bonds is 3. The van der Waals surface area contributed by atoms with Gasteiger partial charge in [-0.2, -0.15) is 0 Å². The van der Waals surface area contributed by atoms with Gasteiger partial charge in [-0.3, -0.25) is 9.36 Å². The predicted octanol–water partition coefficient (Wildman–Crippen LogP) is 0.248. The number of H-pyrrole nitrogens is 1. The number of primary amides is 1. The fraction of sp³-hybridized carbons (Fsp3) is 0.250. The second kappa shape index (κ2) is 3.98. The Morgan fingerprint density at radius 2 is 2.00 bits per heavy atom. The quantitative estimate of drug-likeness (QED) is 0.735. The van der Waals surface area contributed by atoms with Crippen molar-refractivity contribution in [2.45, 2.75) is 19.4 Å². The van der Waals surface area contributed by atoms with Gasteiger partial charge in [-0.05, 0) is 32.0 Å². The molecular formula is C12H13N3O4. The number of benzene rings is 1. The van der Waals surface area contributed by atoms with Crippen molar-refractivity contribution in [3.05, 3.63) is 34.2 Å². The summed E-state index contributed by atoms with van der Waals surface area (Å²) in [4.78, 5) is 36.8. The molecule has 1 heterocycles. The highest BCUT2D eigenvalue weighted by Crippen LogP contribution is 2.20. The summed E-state index contributed by atoms with van der Waals surface area (Å²) in [5, 5.41) is 8.90. The van der Waals surface area contributed by atoms with Crippen molar-refractivity contribution in [1.82, 2.24) is 9.55 Å². The lowest BCUT2D eigenvalue weighted by Crippen LogP contribution is -2.45. The van der Waals surface area contributed by atoms with Gasteiger partial charge in [0.2, 0.25) is 5.91 Å². The van der Waals surface area contributed by atoms with Crippen LogP contribution in [0.25, 0.3) is 11.0 Å². The summed E-state index contributed by atoms with van der Waals surface area (Å²) < 4.78 is 1.22. The van der Waals surface area contributed by atoms with Crippen LogP contribution in [0.2, 0.25) is 0 Å². The fourth-order valence-electron chi connectivity index (χ4n) is 1.91. The maximum Gasteiger partial charge on any atom is 0.335 e. The summed E-state index contributed by atoms with van der Waals surface area (Å²) in [7, 11) is 0. The average molecular weight is 263 g/mol. The molecule has 0 saturated carbocycles. The van der Waals surface area contributed by atoms with Crippen LogP contribution < -0.4 is 11.4 Å². The minimum Gasteiger partial charge on any atom is -0.478 e. The molecule has 0 spiro atoms. The van der Waals surface area contributed by atoms with Gasteiger partial charge in [-0.1, -0.05) is 0 Å². The van der Waals surface area contributed by atoms with E-state index in [1.807, 2.05) is 0 Å². The van der Waals surface area contributed by atoms with E-state index in [0.29, 0.717) is 11.0 Å². The summed E-state index contributed by atoms with van der Waals surface area (Å²) in [5.41, 5.74) is 4.40. The molecule has 0 atom stereocenters. The Morgan fingerprint density at radius 3 is 2.53 bits per heavy atom. The average Bonchev–Trinajstić information content (AvgIpc) is 2.63. The molecule has 4 N–H and O–H groups in total. The molecule has 100 valence electrons. The Kier molecular flexibility index (Phi) is 2.69. The van der Waals surface area contributed by atoms with Crippen molar-refractivity contribution in [2.75, 3.05) is 0 Å². The molecule has 0 aliphatic carbocycles. The standard InChI is InChI=1S/C12H13N3O4/c1-12(2,10(13)18)15-8-4-3-6(9(16)17)5-7(8)14-11(15)19/h3-5H,1-2H3,(H2,13,18)(H,14,19)(H,16,17). The number of nitrogens with zero attached hydrogens (tertiary/aromatic N) is 1. The number of carboxylic acid groups (broad SMARTS) is 1. The zero-order valence-corrected chi connectivity index (χ0v) is 10.4. The molecule has 0 aliphatic heterocycles. The van der Waals surface area contributed by atoms with Crippen molar-refractivity contribution < 1.29 is 14.7 Å².